The molecule has 0 aliphatic carbocycles. The molecule has 1 aromatic heterocycles. The molecule has 2 aliphatic rings. The normalized spacial score (nSPS) is 15.6. The van der Waals surface area contributed by atoms with Gasteiger partial charge in [-0.3, -0.25) is 9.59 Å². The van der Waals surface area contributed by atoms with Crippen molar-refractivity contribution in [1.29, 1.82) is 0 Å². The van der Waals surface area contributed by atoms with E-state index in [4.69, 9.17) is 9.26 Å². The lowest BCUT2D eigenvalue weighted by Gasteiger charge is -2.37. The number of ether oxygens (including phenoxy) is 1. The predicted octanol–water partition coefficient (Wildman–Crippen LogP) is 5.37. The Morgan fingerprint density at radius 1 is 0.889 bits per heavy atom. The second kappa shape index (κ2) is 13.9. The summed E-state index contributed by atoms with van der Waals surface area (Å²) in [6.07, 6.45) is 4.50. The number of amides is 2. The molecule has 2 aliphatic heterocycles. The van der Waals surface area contributed by atoms with Crippen molar-refractivity contribution in [1.82, 2.24) is 15.0 Å². The first kappa shape index (κ1) is 30.3. The van der Waals surface area contributed by atoms with Gasteiger partial charge in [-0.1, -0.05) is 71.9 Å². The van der Waals surface area contributed by atoms with Crippen LogP contribution in [-0.4, -0.2) is 65.7 Å². The van der Waals surface area contributed by atoms with Crippen molar-refractivity contribution in [3.63, 3.8) is 0 Å². The first-order chi connectivity index (χ1) is 22.0. The van der Waals surface area contributed by atoms with Gasteiger partial charge in [-0.25, -0.2) is 0 Å². The number of benzene rings is 3. The van der Waals surface area contributed by atoms with Crippen molar-refractivity contribution in [3.05, 3.63) is 124 Å². The van der Waals surface area contributed by atoms with E-state index in [0.29, 0.717) is 50.7 Å². The van der Waals surface area contributed by atoms with Gasteiger partial charge in [0.1, 0.15) is 11.8 Å². The Balaban J connectivity index is 1.33. The molecule has 0 N–H and O–H groups in total. The molecule has 8 nitrogen and oxygen atoms in total. The predicted molar refractivity (Wildman–Crippen MR) is 175 cm³/mol. The summed E-state index contributed by atoms with van der Waals surface area (Å²) in [5, 5.41) is 4.03. The summed E-state index contributed by atoms with van der Waals surface area (Å²) in [4.78, 5) is 34.7. The monoisotopic (exact) mass is 604 g/mol. The summed E-state index contributed by atoms with van der Waals surface area (Å²) in [5.41, 5.74) is 7.01. The molecule has 0 radical (unpaired) electrons. The largest absolute Gasteiger partial charge is 0.378 e. The van der Waals surface area contributed by atoms with E-state index >= 15 is 0 Å². The van der Waals surface area contributed by atoms with E-state index in [0.717, 1.165) is 47.5 Å². The molecule has 6 rings (SSSR count). The van der Waals surface area contributed by atoms with E-state index in [1.165, 1.54) is 5.56 Å². The van der Waals surface area contributed by atoms with Gasteiger partial charge in [0.2, 0.25) is 11.8 Å². The van der Waals surface area contributed by atoms with Crippen LogP contribution >= 0.6 is 0 Å². The van der Waals surface area contributed by atoms with Crippen LogP contribution in [0.2, 0.25) is 0 Å². The topological polar surface area (TPSA) is 79.1 Å². The van der Waals surface area contributed by atoms with Gasteiger partial charge >= 0.3 is 0 Å². The summed E-state index contributed by atoms with van der Waals surface area (Å²) in [7, 11) is 0. The molecule has 1 saturated heterocycles. The highest BCUT2D eigenvalue weighted by molar-refractivity contribution is 5.96. The molecule has 3 aromatic carbocycles. The maximum Gasteiger partial charge on any atom is 0.247 e. The summed E-state index contributed by atoms with van der Waals surface area (Å²) in [6.45, 7) is 8.25. The molecule has 45 heavy (non-hydrogen) atoms. The molecular formula is C37H40N4O4. The Labute approximate surface area is 264 Å². The van der Waals surface area contributed by atoms with Gasteiger partial charge in [-0.2, -0.15) is 0 Å². The van der Waals surface area contributed by atoms with Crippen LogP contribution < -0.4 is 4.90 Å². The highest BCUT2D eigenvalue weighted by Gasteiger charge is 2.34. The minimum absolute atomic E-state index is 0.0441. The highest BCUT2D eigenvalue weighted by Crippen LogP contribution is 2.24. The van der Waals surface area contributed by atoms with E-state index < -0.39 is 6.04 Å². The number of hydrogen-bond donors (Lipinski definition) is 0. The van der Waals surface area contributed by atoms with Gasteiger partial charge < -0.3 is 24.0 Å². The third kappa shape index (κ3) is 7.18. The van der Waals surface area contributed by atoms with Crippen LogP contribution in [0.4, 0.5) is 5.69 Å². The number of aromatic nitrogens is 1. The average Bonchev–Trinajstić information content (AvgIpc) is 3.41. The summed E-state index contributed by atoms with van der Waals surface area (Å²) in [6, 6.07) is 25.9. The van der Waals surface area contributed by atoms with E-state index in [9.17, 15) is 9.59 Å². The third-order valence-corrected chi connectivity index (χ3v) is 8.81. The van der Waals surface area contributed by atoms with Crippen LogP contribution in [0.5, 0.6) is 0 Å². The Kier molecular flexibility index (Phi) is 9.41. The van der Waals surface area contributed by atoms with Crippen molar-refractivity contribution in [3.8, 4) is 0 Å². The van der Waals surface area contributed by atoms with E-state index in [2.05, 4.69) is 46.5 Å². The molecule has 3 heterocycles. The highest BCUT2D eigenvalue weighted by atomic mass is 16.5. The lowest BCUT2D eigenvalue weighted by molar-refractivity contribution is -0.144. The number of fused-ring (bicyclic) bond motifs is 1. The number of rotatable bonds is 9. The zero-order chi connectivity index (χ0) is 31.2. The molecule has 1 fully saturated rings. The van der Waals surface area contributed by atoms with Crippen molar-refractivity contribution < 1.29 is 18.8 Å². The van der Waals surface area contributed by atoms with Crippen molar-refractivity contribution >= 4 is 23.6 Å². The fourth-order valence-electron chi connectivity index (χ4n) is 6.21. The van der Waals surface area contributed by atoms with E-state index in [1.807, 2.05) is 61.2 Å². The number of hydrogen-bond acceptors (Lipinski definition) is 6. The number of aryl methyl sites for hydroxylation is 2. The fourth-order valence-corrected chi connectivity index (χ4v) is 6.21. The summed E-state index contributed by atoms with van der Waals surface area (Å²) < 4.78 is 10.8. The van der Waals surface area contributed by atoms with Gasteiger partial charge in [0, 0.05) is 56.5 Å². The van der Waals surface area contributed by atoms with Crippen LogP contribution in [0, 0.1) is 13.8 Å². The molecule has 1 unspecified atom stereocenters. The zero-order valence-electron chi connectivity index (χ0n) is 26.0. The Bertz CT molecular complexity index is 1620. The molecule has 4 aromatic rings. The second-order valence-corrected chi connectivity index (χ2v) is 11.8. The number of nitrogens with zero attached hydrogens (tertiary/aromatic N) is 4. The SMILES string of the molecule is Cc1noc(C)c1C=CC(=O)N(Cc1ccc(N2CCOCC2)cc1)C(Cc1ccccc1)C(=O)N1CCc2ccccc2C1. The molecule has 8 heteroatoms. The van der Waals surface area contributed by atoms with Crippen LogP contribution in [0.3, 0.4) is 0 Å². The average molecular weight is 605 g/mol. The molecule has 1 atom stereocenters. The molecular weight excluding hydrogens is 564 g/mol. The minimum atomic E-state index is -0.696. The van der Waals surface area contributed by atoms with E-state index in [-0.39, 0.29) is 11.8 Å². The fraction of sp³-hybridized carbons (Fsp3) is 0.324. The van der Waals surface area contributed by atoms with Gasteiger partial charge in [-0.05, 0) is 60.7 Å². The Hall–Kier alpha value is -4.69. The molecule has 0 bridgehead atoms. The zero-order valence-corrected chi connectivity index (χ0v) is 26.0. The first-order valence-corrected chi connectivity index (χ1v) is 15.7. The lowest BCUT2D eigenvalue weighted by Crippen LogP contribution is -2.52. The van der Waals surface area contributed by atoms with Gasteiger partial charge in [-0.15, -0.1) is 0 Å². The smallest absolute Gasteiger partial charge is 0.247 e. The number of morpholine rings is 1. The maximum atomic E-state index is 14.5. The quantitative estimate of drug-likeness (QED) is 0.239. The molecule has 0 spiro atoms. The Morgan fingerprint density at radius 2 is 1.60 bits per heavy atom. The Morgan fingerprint density at radius 3 is 2.31 bits per heavy atom. The second-order valence-electron chi connectivity index (χ2n) is 11.8. The van der Waals surface area contributed by atoms with Crippen LogP contribution in [0.25, 0.3) is 6.08 Å². The standard InChI is InChI=1S/C37H40N4O4/c1-27-34(28(2)45-38-27)16-17-36(42)41(25-30-12-14-33(15-13-30)39-20-22-44-23-21-39)35(24-29-8-4-3-5-9-29)37(43)40-19-18-31-10-6-7-11-32(31)26-40/h3-17,35H,18-26H2,1-2H3. The van der Waals surface area contributed by atoms with Crippen LogP contribution in [0.15, 0.2) is 89.5 Å². The van der Waals surface area contributed by atoms with Crippen molar-refractivity contribution in [2.75, 3.05) is 37.7 Å². The number of carbonyl (C=O) groups excluding carboxylic acids is 2. The minimum Gasteiger partial charge on any atom is -0.378 e. The molecule has 0 saturated carbocycles. The van der Waals surface area contributed by atoms with Gasteiger partial charge in [0.25, 0.3) is 0 Å². The van der Waals surface area contributed by atoms with Crippen molar-refractivity contribution in [2.24, 2.45) is 0 Å². The maximum absolute atomic E-state index is 14.5. The van der Waals surface area contributed by atoms with Crippen LogP contribution in [-0.2, 0) is 40.3 Å². The number of carbonyl (C=O) groups is 2. The summed E-state index contributed by atoms with van der Waals surface area (Å²) in [5.74, 6) is 0.363. The molecule has 232 valence electrons. The van der Waals surface area contributed by atoms with Crippen molar-refractivity contribution in [2.45, 2.75) is 45.8 Å². The number of anilines is 1. The molecule has 2 amide bonds. The lowest BCUT2D eigenvalue weighted by atomic mass is 9.97. The van der Waals surface area contributed by atoms with Gasteiger partial charge in [0.05, 0.1) is 18.9 Å². The van der Waals surface area contributed by atoms with Gasteiger partial charge in [0.15, 0.2) is 0 Å². The summed E-state index contributed by atoms with van der Waals surface area (Å²) >= 11 is 0. The first-order valence-electron chi connectivity index (χ1n) is 15.7. The van der Waals surface area contributed by atoms with E-state index in [1.54, 1.807) is 17.1 Å². The third-order valence-electron chi connectivity index (χ3n) is 8.81. The van der Waals surface area contributed by atoms with Crippen LogP contribution in [0.1, 0.15) is 39.3 Å².